The Bertz CT molecular complexity index is 986. The van der Waals surface area contributed by atoms with Gasteiger partial charge in [-0.3, -0.25) is 9.59 Å². The van der Waals surface area contributed by atoms with E-state index in [2.05, 4.69) is 10.6 Å². The molecule has 2 N–H and O–H groups in total. The average Bonchev–Trinajstić information content (AvgIpc) is 2.73. The fourth-order valence-corrected chi connectivity index (χ4v) is 2.94. The molecule has 0 unspecified atom stereocenters. The summed E-state index contributed by atoms with van der Waals surface area (Å²) in [6.45, 7) is 3.69. The van der Waals surface area contributed by atoms with Gasteiger partial charge in [-0.2, -0.15) is 0 Å². The molecular weight excluding hydrogens is 364 g/mol. The average molecular weight is 388 g/mol. The first-order valence-corrected chi connectivity index (χ1v) is 9.47. The molecule has 0 aliphatic rings. The SMILES string of the molecule is Cc1cccc(NC(=O)COc2ccccc2C(=O)N[C@H](C)c2ccccc2)c1. The van der Waals surface area contributed by atoms with Crippen molar-refractivity contribution >= 4 is 17.5 Å². The summed E-state index contributed by atoms with van der Waals surface area (Å²) in [4.78, 5) is 24.9. The maximum Gasteiger partial charge on any atom is 0.262 e. The van der Waals surface area contributed by atoms with Crippen LogP contribution in [0.5, 0.6) is 5.75 Å². The van der Waals surface area contributed by atoms with E-state index < -0.39 is 0 Å². The monoisotopic (exact) mass is 388 g/mol. The molecular formula is C24H24N2O3. The smallest absolute Gasteiger partial charge is 0.262 e. The molecule has 3 aromatic carbocycles. The van der Waals surface area contributed by atoms with Crippen LogP contribution in [0.3, 0.4) is 0 Å². The zero-order valence-electron chi connectivity index (χ0n) is 16.5. The Morgan fingerprint density at radius 3 is 2.41 bits per heavy atom. The third-order valence-electron chi connectivity index (χ3n) is 4.44. The standard InChI is InChI=1S/C24H24N2O3/c1-17-9-8-12-20(15-17)26-23(27)16-29-22-14-7-6-13-21(22)24(28)25-18(2)19-10-4-3-5-11-19/h3-15,18H,16H2,1-2H3,(H,25,28)(H,26,27)/t18-/m1/s1. The van der Waals surface area contributed by atoms with Crippen molar-refractivity contribution < 1.29 is 14.3 Å². The Labute approximate surface area is 170 Å². The molecule has 0 heterocycles. The van der Waals surface area contributed by atoms with Gasteiger partial charge in [0.05, 0.1) is 11.6 Å². The van der Waals surface area contributed by atoms with E-state index in [9.17, 15) is 9.59 Å². The van der Waals surface area contributed by atoms with Crippen LogP contribution in [0.4, 0.5) is 5.69 Å². The Morgan fingerprint density at radius 1 is 0.931 bits per heavy atom. The van der Waals surface area contributed by atoms with E-state index >= 15 is 0 Å². The third kappa shape index (κ3) is 5.69. The normalized spacial score (nSPS) is 11.4. The van der Waals surface area contributed by atoms with Gasteiger partial charge in [0.2, 0.25) is 0 Å². The van der Waals surface area contributed by atoms with Crippen LogP contribution < -0.4 is 15.4 Å². The first-order chi connectivity index (χ1) is 14.0. The van der Waals surface area contributed by atoms with Gasteiger partial charge in [0, 0.05) is 5.69 Å². The van der Waals surface area contributed by atoms with E-state index in [1.165, 1.54) is 0 Å². The van der Waals surface area contributed by atoms with Crippen LogP contribution in [-0.4, -0.2) is 18.4 Å². The third-order valence-corrected chi connectivity index (χ3v) is 4.44. The van der Waals surface area contributed by atoms with Crippen LogP contribution >= 0.6 is 0 Å². The highest BCUT2D eigenvalue weighted by atomic mass is 16.5. The number of anilines is 1. The molecule has 0 fully saturated rings. The highest BCUT2D eigenvalue weighted by molar-refractivity contribution is 5.97. The minimum atomic E-state index is -0.288. The van der Waals surface area contributed by atoms with Crippen molar-refractivity contribution in [1.29, 1.82) is 0 Å². The zero-order chi connectivity index (χ0) is 20.6. The molecule has 5 heteroatoms. The highest BCUT2D eigenvalue weighted by Crippen LogP contribution is 2.20. The summed E-state index contributed by atoms with van der Waals surface area (Å²) >= 11 is 0. The van der Waals surface area contributed by atoms with Crippen LogP contribution in [0.2, 0.25) is 0 Å². The van der Waals surface area contributed by atoms with Gasteiger partial charge < -0.3 is 15.4 Å². The molecule has 2 amide bonds. The van der Waals surface area contributed by atoms with Gasteiger partial charge in [-0.15, -0.1) is 0 Å². The summed E-state index contributed by atoms with van der Waals surface area (Å²) in [5, 5.41) is 5.76. The van der Waals surface area contributed by atoms with E-state index in [4.69, 9.17) is 4.74 Å². The van der Waals surface area contributed by atoms with E-state index in [0.29, 0.717) is 17.0 Å². The quantitative estimate of drug-likeness (QED) is 0.626. The fraction of sp³-hybridized carbons (Fsp3) is 0.167. The van der Waals surface area contributed by atoms with Crippen molar-refractivity contribution in [3.8, 4) is 5.75 Å². The molecule has 1 atom stereocenters. The summed E-state index contributed by atoms with van der Waals surface area (Å²) in [5.41, 5.74) is 3.16. The topological polar surface area (TPSA) is 67.4 Å². The molecule has 5 nitrogen and oxygen atoms in total. The van der Waals surface area contributed by atoms with Crippen LogP contribution in [-0.2, 0) is 4.79 Å². The lowest BCUT2D eigenvalue weighted by atomic mass is 10.1. The molecule has 0 bridgehead atoms. The van der Waals surface area contributed by atoms with Crippen molar-refractivity contribution in [3.05, 3.63) is 95.6 Å². The summed E-state index contributed by atoms with van der Waals surface area (Å²) in [7, 11) is 0. The van der Waals surface area contributed by atoms with Crippen molar-refractivity contribution in [3.63, 3.8) is 0 Å². The van der Waals surface area contributed by atoms with Gasteiger partial charge >= 0.3 is 0 Å². The van der Waals surface area contributed by atoms with Crippen molar-refractivity contribution in [1.82, 2.24) is 5.32 Å². The van der Waals surface area contributed by atoms with E-state index in [-0.39, 0.29) is 24.5 Å². The number of carbonyl (C=O) groups excluding carboxylic acids is 2. The van der Waals surface area contributed by atoms with Crippen molar-refractivity contribution in [2.75, 3.05) is 11.9 Å². The number of carbonyl (C=O) groups is 2. The van der Waals surface area contributed by atoms with Crippen molar-refractivity contribution in [2.45, 2.75) is 19.9 Å². The number of para-hydroxylation sites is 1. The second-order valence-corrected chi connectivity index (χ2v) is 6.81. The van der Waals surface area contributed by atoms with Gasteiger partial charge in [0.1, 0.15) is 5.75 Å². The molecule has 0 radical (unpaired) electrons. The molecule has 0 spiro atoms. The number of amides is 2. The number of rotatable bonds is 7. The second-order valence-electron chi connectivity index (χ2n) is 6.81. The van der Waals surface area contributed by atoms with Crippen LogP contribution in [0, 0.1) is 6.92 Å². The van der Waals surface area contributed by atoms with Gasteiger partial charge in [-0.1, -0.05) is 54.6 Å². The number of nitrogens with one attached hydrogen (secondary N) is 2. The molecule has 3 aromatic rings. The molecule has 29 heavy (non-hydrogen) atoms. The molecule has 0 saturated carbocycles. The van der Waals surface area contributed by atoms with Crippen molar-refractivity contribution in [2.24, 2.45) is 0 Å². The molecule has 0 saturated heterocycles. The summed E-state index contributed by atoms with van der Waals surface area (Å²) in [5.74, 6) is -0.177. The van der Waals surface area contributed by atoms with Crippen LogP contribution in [0.15, 0.2) is 78.9 Å². The van der Waals surface area contributed by atoms with Gasteiger partial charge in [0.15, 0.2) is 6.61 Å². The highest BCUT2D eigenvalue weighted by Gasteiger charge is 2.16. The van der Waals surface area contributed by atoms with E-state index in [0.717, 1.165) is 11.1 Å². The van der Waals surface area contributed by atoms with Gasteiger partial charge in [-0.05, 0) is 49.2 Å². The predicted octanol–water partition coefficient (Wildman–Crippen LogP) is 4.50. The lowest BCUT2D eigenvalue weighted by molar-refractivity contribution is -0.118. The lowest BCUT2D eigenvalue weighted by Crippen LogP contribution is -2.27. The Morgan fingerprint density at radius 2 is 1.66 bits per heavy atom. The summed E-state index contributed by atoms with van der Waals surface area (Å²) < 4.78 is 5.64. The second kappa shape index (κ2) is 9.55. The van der Waals surface area contributed by atoms with Gasteiger partial charge in [-0.25, -0.2) is 0 Å². The number of benzene rings is 3. The van der Waals surface area contributed by atoms with E-state index in [1.807, 2.05) is 68.4 Å². The largest absolute Gasteiger partial charge is 0.483 e. The Balaban J connectivity index is 1.62. The maximum atomic E-state index is 12.7. The molecule has 0 aromatic heterocycles. The zero-order valence-corrected chi connectivity index (χ0v) is 16.5. The fourth-order valence-electron chi connectivity index (χ4n) is 2.94. The molecule has 0 aliphatic carbocycles. The number of aryl methyl sites for hydroxylation is 1. The van der Waals surface area contributed by atoms with Crippen LogP contribution in [0.25, 0.3) is 0 Å². The molecule has 0 aliphatic heterocycles. The van der Waals surface area contributed by atoms with Gasteiger partial charge in [0.25, 0.3) is 11.8 Å². The molecule has 3 rings (SSSR count). The van der Waals surface area contributed by atoms with E-state index in [1.54, 1.807) is 24.3 Å². The maximum absolute atomic E-state index is 12.7. The molecule has 148 valence electrons. The van der Waals surface area contributed by atoms with Crippen LogP contribution in [0.1, 0.15) is 34.5 Å². The predicted molar refractivity (Wildman–Crippen MR) is 114 cm³/mol. The Hall–Kier alpha value is -3.60. The Kier molecular flexibility index (Phi) is 6.63. The minimum absolute atomic E-state index is 0.152. The number of ether oxygens (including phenoxy) is 1. The number of hydrogen-bond donors (Lipinski definition) is 2. The first kappa shape index (κ1) is 20.1. The summed E-state index contributed by atoms with van der Waals surface area (Å²) in [6, 6.07) is 24.0. The first-order valence-electron chi connectivity index (χ1n) is 9.47. The number of hydrogen-bond acceptors (Lipinski definition) is 3. The summed E-state index contributed by atoms with van der Waals surface area (Å²) in [6.07, 6.45) is 0. The lowest BCUT2D eigenvalue weighted by Gasteiger charge is -2.16. The minimum Gasteiger partial charge on any atom is -0.483 e.